The first-order valence-electron chi connectivity index (χ1n) is 7.87. The zero-order valence-electron chi connectivity index (χ0n) is 15.2. The van der Waals surface area contributed by atoms with Gasteiger partial charge in [-0.25, -0.2) is 4.79 Å². The van der Waals surface area contributed by atoms with E-state index in [9.17, 15) is 14.7 Å². The zero-order valence-corrected chi connectivity index (χ0v) is 18.5. The maximum absolute atomic E-state index is 12.5. The van der Waals surface area contributed by atoms with Gasteiger partial charge in [0.1, 0.15) is 6.04 Å². The van der Waals surface area contributed by atoms with E-state index in [0.717, 1.165) is 0 Å². The Labute approximate surface area is 167 Å². The van der Waals surface area contributed by atoms with E-state index in [-0.39, 0.29) is 45.9 Å². The molecule has 1 aliphatic heterocycles. The van der Waals surface area contributed by atoms with E-state index in [0.29, 0.717) is 0 Å². The molecule has 0 aromatic heterocycles. The average molecular weight is 467 g/mol. The number of carboxylic acids is 1. The quantitative estimate of drug-likeness (QED) is 0.261. The minimum absolute atomic E-state index is 0. The SMILES string of the molecule is C=CCC(C(=O)O)N1C(=O)C(C(C)O[Si](C)(C)C(C)(C)C)C1S.[Ag]. The van der Waals surface area contributed by atoms with Gasteiger partial charge in [0.2, 0.25) is 5.91 Å². The van der Waals surface area contributed by atoms with Crippen LogP contribution >= 0.6 is 12.6 Å². The number of likely N-dealkylation sites (tertiary alicyclic amines) is 1. The summed E-state index contributed by atoms with van der Waals surface area (Å²) >= 11 is 4.47. The van der Waals surface area contributed by atoms with Gasteiger partial charge in [0.25, 0.3) is 0 Å². The van der Waals surface area contributed by atoms with E-state index in [1.54, 1.807) is 0 Å². The maximum atomic E-state index is 12.5. The predicted octanol–water partition coefficient (Wildman–Crippen LogP) is 3.14. The van der Waals surface area contributed by atoms with E-state index in [2.05, 4.69) is 53.1 Å². The van der Waals surface area contributed by atoms with Crippen molar-refractivity contribution in [1.29, 1.82) is 0 Å². The van der Waals surface area contributed by atoms with E-state index >= 15 is 0 Å². The molecule has 0 bridgehead atoms. The molecule has 1 N–H and O–H groups in total. The summed E-state index contributed by atoms with van der Waals surface area (Å²) in [5, 5.41) is 8.90. The van der Waals surface area contributed by atoms with Gasteiger partial charge in [-0.1, -0.05) is 26.8 Å². The molecule has 4 unspecified atom stereocenters. The second kappa shape index (κ2) is 8.55. The second-order valence-corrected chi connectivity index (χ2v) is 12.9. The number of β-lactam (4-membered cyclic amide) rings is 1. The third-order valence-electron chi connectivity index (χ3n) is 4.95. The summed E-state index contributed by atoms with van der Waals surface area (Å²) in [6.07, 6.45) is 1.44. The molecule has 0 saturated carbocycles. The Balaban J connectivity index is 0.00000529. The molecule has 0 aromatic rings. The van der Waals surface area contributed by atoms with Gasteiger partial charge in [0.05, 0.1) is 17.4 Å². The molecule has 143 valence electrons. The Kier molecular flexibility index (Phi) is 8.53. The molecule has 0 spiro atoms. The minimum Gasteiger partial charge on any atom is -0.480 e. The van der Waals surface area contributed by atoms with Crippen LogP contribution in [0.15, 0.2) is 12.7 Å². The van der Waals surface area contributed by atoms with Crippen molar-refractivity contribution in [2.75, 3.05) is 0 Å². The number of carboxylic acid groups (broad SMARTS) is 1. The molecule has 24 heavy (non-hydrogen) atoms. The van der Waals surface area contributed by atoms with E-state index < -0.39 is 31.6 Å². The maximum Gasteiger partial charge on any atom is 0.326 e. The molecule has 0 aromatic carbocycles. The Bertz CT molecular complexity index is 495. The standard InChI is InChI=1S/C16H29NO4SSi.Ag/c1-8-9-11(15(19)20)17-13(18)12(14(17)22)10(2)21-23(6,7)16(3,4)5;/h8,10-12,14,22H,1,9H2,2-7H3,(H,19,20);. The summed E-state index contributed by atoms with van der Waals surface area (Å²) in [7, 11) is -2.00. The van der Waals surface area contributed by atoms with E-state index in [1.165, 1.54) is 11.0 Å². The van der Waals surface area contributed by atoms with Crippen LogP contribution in [-0.2, 0) is 36.4 Å². The number of aliphatic carboxylic acids is 1. The minimum atomic E-state index is -2.00. The van der Waals surface area contributed by atoms with Gasteiger partial charge >= 0.3 is 5.97 Å². The van der Waals surface area contributed by atoms with Crippen molar-refractivity contribution in [2.45, 2.75) is 69.8 Å². The Hall–Kier alpha value is -0.0529. The third-order valence-corrected chi connectivity index (χ3v) is 10.1. The number of thiol groups is 1. The molecular weight excluding hydrogens is 438 g/mol. The molecule has 1 aliphatic rings. The molecule has 1 rings (SSSR count). The number of rotatable bonds is 7. The van der Waals surface area contributed by atoms with Crippen LogP contribution < -0.4 is 0 Å². The molecule has 5 nitrogen and oxygen atoms in total. The van der Waals surface area contributed by atoms with Gasteiger partial charge < -0.3 is 14.4 Å². The van der Waals surface area contributed by atoms with Crippen LogP contribution in [0.5, 0.6) is 0 Å². The Morgan fingerprint density at radius 2 is 2.00 bits per heavy atom. The van der Waals surface area contributed by atoms with Crippen LogP contribution in [-0.4, -0.2) is 47.7 Å². The van der Waals surface area contributed by atoms with Gasteiger partial charge in [-0.3, -0.25) is 4.79 Å². The molecule has 1 saturated heterocycles. The molecule has 8 heteroatoms. The third kappa shape index (κ3) is 4.77. The fourth-order valence-electron chi connectivity index (χ4n) is 2.51. The first-order chi connectivity index (χ1) is 10.3. The van der Waals surface area contributed by atoms with Crippen LogP contribution in [0.4, 0.5) is 0 Å². The summed E-state index contributed by atoms with van der Waals surface area (Å²) in [4.78, 5) is 25.2. The Morgan fingerprint density at radius 3 is 2.33 bits per heavy atom. The van der Waals surface area contributed by atoms with Crippen molar-refractivity contribution in [3.05, 3.63) is 12.7 Å². The first-order valence-corrected chi connectivity index (χ1v) is 11.3. The van der Waals surface area contributed by atoms with Crippen molar-refractivity contribution in [1.82, 2.24) is 4.90 Å². The summed E-state index contributed by atoms with van der Waals surface area (Å²) < 4.78 is 6.27. The van der Waals surface area contributed by atoms with E-state index in [4.69, 9.17) is 4.43 Å². The second-order valence-electron chi connectivity index (χ2n) is 7.65. The fraction of sp³-hybridized carbons (Fsp3) is 0.750. The van der Waals surface area contributed by atoms with Crippen molar-refractivity contribution in [3.8, 4) is 0 Å². The van der Waals surface area contributed by atoms with Gasteiger partial charge in [-0.05, 0) is 31.5 Å². The first kappa shape index (κ1) is 23.9. The van der Waals surface area contributed by atoms with Gasteiger partial charge in [0, 0.05) is 22.4 Å². The van der Waals surface area contributed by atoms with Crippen molar-refractivity contribution in [2.24, 2.45) is 5.92 Å². The number of carbonyl (C=O) groups excluding carboxylic acids is 1. The van der Waals surface area contributed by atoms with E-state index in [1.807, 2.05) is 6.92 Å². The molecular formula is C16H29AgNO4SSi. The summed E-state index contributed by atoms with van der Waals surface area (Å²) in [5.74, 6) is -1.64. The Morgan fingerprint density at radius 1 is 1.50 bits per heavy atom. The molecule has 0 aliphatic carbocycles. The van der Waals surface area contributed by atoms with Crippen LogP contribution in [0, 0.1) is 5.92 Å². The summed E-state index contributed by atoms with van der Waals surface area (Å²) in [6.45, 7) is 16.1. The number of amides is 1. The fourth-order valence-corrected chi connectivity index (χ4v) is 4.58. The largest absolute Gasteiger partial charge is 0.480 e. The summed E-state index contributed by atoms with van der Waals surface area (Å²) in [5.41, 5.74) is 0. The molecule has 1 amide bonds. The monoisotopic (exact) mass is 466 g/mol. The molecule has 1 fully saturated rings. The van der Waals surface area contributed by atoms with Crippen molar-refractivity contribution >= 4 is 32.8 Å². The number of hydrogen-bond acceptors (Lipinski definition) is 4. The van der Waals surface area contributed by atoms with Crippen molar-refractivity contribution in [3.63, 3.8) is 0 Å². The molecule has 4 atom stereocenters. The number of carbonyl (C=O) groups is 2. The van der Waals surface area contributed by atoms with Crippen LogP contribution in [0.3, 0.4) is 0 Å². The molecule has 1 heterocycles. The van der Waals surface area contributed by atoms with Gasteiger partial charge in [0.15, 0.2) is 8.32 Å². The number of nitrogens with zero attached hydrogens (tertiary/aromatic N) is 1. The summed E-state index contributed by atoms with van der Waals surface area (Å²) in [6, 6.07) is -0.904. The number of hydrogen-bond donors (Lipinski definition) is 2. The van der Waals surface area contributed by atoms with Crippen LogP contribution in [0.1, 0.15) is 34.1 Å². The zero-order chi connectivity index (χ0) is 18.2. The van der Waals surface area contributed by atoms with Crippen LogP contribution in [0.2, 0.25) is 18.1 Å². The average Bonchev–Trinajstić information content (AvgIpc) is 2.36. The topological polar surface area (TPSA) is 66.8 Å². The van der Waals surface area contributed by atoms with Gasteiger partial charge in [-0.15, -0.1) is 6.58 Å². The molecule has 1 radical (unpaired) electrons. The predicted molar refractivity (Wildman–Crippen MR) is 97.1 cm³/mol. The van der Waals surface area contributed by atoms with Crippen molar-refractivity contribution < 1.29 is 41.5 Å². The normalized spacial score (nSPS) is 23.8. The van der Waals surface area contributed by atoms with Crippen LogP contribution in [0.25, 0.3) is 0 Å². The van der Waals surface area contributed by atoms with Gasteiger partial charge in [-0.2, -0.15) is 12.6 Å². The smallest absolute Gasteiger partial charge is 0.326 e.